The van der Waals surface area contributed by atoms with Crippen LogP contribution in [-0.2, 0) is 19.6 Å². The zero-order valence-corrected chi connectivity index (χ0v) is 17.0. The Labute approximate surface area is 154 Å². The lowest BCUT2D eigenvalue weighted by molar-refractivity contribution is -0.143. The van der Waals surface area contributed by atoms with E-state index in [9.17, 15) is 17.8 Å². The molecule has 0 bridgehead atoms. The maximum atomic E-state index is 11.9. The molecule has 0 aromatic rings. The van der Waals surface area contributed by atoms with Gasteiger partial charge in [-0.2, -0.15) is 8.42 Å². The monoisotopic (exact) mass is 378 g/mol. The van der Waals surface area contributed by atoms with Crippen LogP contribution in [0.3, 0.4) is 0 Å². The zero-order chi connectivity index (χ0) is 19.0. The Morgan fingerprint density at radius 3 is 1.72 bits per heavy atom. The van der Waals surface area contributed by atoms with E-state index in [4.69, 9.17) is 4.74 Å². The van der Waals surface area contributed by atoms with Crippen molar-refractivity contribution in [1.82, 2.24) is 0 Å². The van der Waals surface area contributed by atoms with Crippen molar-refractivity contribution < 1.29 is 22.5 Å². The summed E-state index contributed by atoms with van der Waals surface area (Å²) < 4.78 is 37.1. The molecule has 0 heterocycles. The highest BCUT2D eigenvalue weighted by Gasteiger charge is 2.31. The third-order valence-electron chi connectivity index (χ3n) is 4.43. The summed E-state index contributed by atoms with van der Waals surface area (Å²) in [5.41, 5.74) is 0. The molecule has 0 aliphatic rings. The summed E-state index contributed by atoms with van der Waals surface area (Å²) in [6.07, 6.45) is 14.1. The summed E-state index contributed by atoms with van der Waals surface area (Å²) in [6.45, 7) is 4.46. The van der Waals surface area contributed by atoms with Gasteiger partial charge in [-0.15, -0.1) is 0 Å². The normalized spacial score (nSPS) is 12.9. The SMILES string of the molecule is CCCCCCCCCCCCC(C(=O)OCCCCC)S(=O)(=O)O. The molecule has 6 heteroatoms. The molecule has 150 valence electrons. The molecule has 25 heavy (non-hydrogen) atoms. The summed E-state index contributed by atoms with van der Waals surface area (Å²) >= 11 is 0. The molecule has 0 aromatic carbocycles. The lowest BCUT2D eigenvalue weighted by Crippen LogP contribution is -2.32. The summed E-state index contributed by atoms with van der Waals surface area (Å²) in [5, 5.41) is -1.43. The Morgan fingerprint density at radius 1 is 0.800 bits per heavy atom. The first kappa shape index (κ1) is 24.4. The number of hydrogen-bond acceptors (Lipinski definition) is 4. The second-order valence-corrected chi connectivity index (χ2v) is 8.45. The zero-order valence-electron chi connectivity index (χ0n) is 16.2. The highest BCUT2D eigenvalue weighted by Crippen LogP contribution is 2.15. The molecule has 0 saturated carbocycles. The van der Waals surface area contributed by atoms with E-state index in [1.807, 2.05) is 6.92 Å². The average Bonchev–Trinajstić information content (AvgIpc) is 2.55. The van der Waals surface area contributed by atoms with Crippen LogP contribution in [0.25, 0.3) is 0 Å². The van der Waals surface area contributed by atoms with Crippen LogP contribution in [0.15, 0.2) is 0 Å². The molecule has 0 radical (unpaired) electrons. The molecule has 0 fully saturated rings. The molecule has 0 spiro atoms. The molecular weight excluding hydrogens is 340 g/mol. The molecule has 0 aliphatic heterocycles. The van der Waals surface area contributed by atoms with Crippen molar-refractivity contribution in [2.75, 3.05) is 6.61 Å². The summed E-state index contributed by atoms with van der Waals surface area (Å²) in [6, 6.07) is 0. The topological polar surface area (TPSA) is 80.7 Å². The maximum absolute atomic E-state index is 11.9. The van der Waals surface area contributed by atoms with Gasteiger partial charge in [0.1, 0.15) is 0 Å². The summed E-state index contributed by atoms with van der Waals surface area (Å²) in [5.74, 6) is -0.811. The molecule has 1 unspecified atom stereocenters. The van der Waals surface area contributed by atoms with E-state index in [1.165, 1.54) is 38.5 Å². The van der Waals surface area contributed by atoms with Crippen molar-refractivity contribution in [3.63, 3.8) is 0 Å². The standard InChI is InChI=1S/C19H38O5S/c1-3-5-7-8-9-10-11-12-13-14-16-18(25(21,22)23)19(20)24-17-15-6-4-2/h18H,3-17H2,1-2H3,(H,21,22,23). The molecule has 5 nitrogen and oxygen atoms in total. The van der Waals surface area contributed by atoms with E-state index in [0.717, 1.165) is 38.5 Å². The molecular formula is C19H38O5S. The van der Waals surface area contributed by atoms with Crippen molar-refractivity contribution in [1.29, 1.82) is 0 Å². The fourth-order valence-electron chi connectivity index (χ4n) is 2.82. The summed E-state index contributed by atoms with van der Waals surface area (Å²) in [4.78, 5) is 11.9. The fraction of sp³-hybridized carbons (Fsp3) is 0.947. The van der Waals surface area contributed by atoms with Gasteiger partial charge in [-0.25, -0.2) is 0 Å². The van der Waals surface area contributed by atoms with Gasteiger partial charge in [0.25, 0.3) is 10.1 Å². The molecule has 0 aliphatic carbocycles. The minimum atomic E-state index is -4.39. The number of unbranched alkanes of at least 4 members (excludes halogenated alkanes) is 11. The van der Waals surface area contributed by atoms with Gasteiger partial charge in [-0.3, -0.25) is 9.35 Å². The van der Waals surface area contributed by atoms with Crippen LogP contribution < -0.4 is 0 Å². The number of ether oxygens (including phenoxy) is 1. The third-order valence-corrected chi connectivity index (χ3v) is 5.58. The largest absolute Gasteiger partial charge is 0.465 e. The molecule has 0 saturated heterocycles. The van der Waals surface area contributed by atoms with Crippen LogP contribution in [0.4, 0.5) is 0 Å². The van der Waals surface area contributed by atoms with Crippen LogP contribution in [0.5, 0.6) is 0 Å². The molecule has 1 atom stereocenters. The molecule has 0 amide bonds. The first-order valence-electron chi connectivity index (χ1n) is 10.1. The quantitative estimate of drug-likeness (QED) is 0.211. The van der Waals surface area contributed by atoms with E-state index < -0.39 is 21.3 Å². The van der Waals surface area contributed by atoms with E-state index in [2.05, 4.69) is 6.92 Å². The van der Waals surface area contributed by atoms with E-state index >= 15 is 0 Å². The Kier molecular flexibility index (Phi) is 15.2. The van der Waals surface area contributed by atoms with Gasteiger partial charge in [-0.05, 0) is 12.8 Å². The molecule has 1 N–H and O–H groups in total. The second-order valence-electron chi connectivity index (χ2n) is 6.85. The van der Waals surface area contributed by atoms with Gasteiger partial charge in [-0.1, -0.05) is 90.9 Å². The van der Waals surface area contributed by atoms with Crippen LogP contribution in [0, 0.1) is 0 Å². The lowest BCUT2D eigenvalue weighted by atomic mass is 10.1. The Balaban J connectivity index is 3.88. The van der Waals surface area contributed by atoms with Gasteiger partial charge in [0.2, 0.25) is 0 Å². The number of rotatable bonds is 17. The first-order valence-corrected chi connectivity index (χ1v) is 11.6. The first-order chi connectivity index (χ1) is 11.9. The number of esters is 1. The maximum Gasteiger partial charge on any atom is 0.326 e. The number of hydrogen-bond donors (Lipinski definition) is 1. The van der Waals surface area contributed by atoms with Crippen LogP contribution in [0.1, 0.15) is 104 Å². The van der Waals surface area contributed by atoms with Crippen molar-refractivity contribution >= 4 is 16.1 Å². The molecule has 0 aromatic heterocycles. The van der Waals surface area contributed by atoms with E-state index in [1.54, 1.807) is 0 Å². The Hall–Kier alpha value is -0.620. The van der Waals surface area contributed by atoms with Gasteiger partial charge in [0.15, 0.2) is 5.25 Å². The Bertz CT molecular complexity index is 420. The van der Waals surface area contributed by atoms with Crippen molar-refractivity contribution in [2.45, 2.75) is 109 Å². The molecule has 0 rings (SSSR count). The van der Waals surface area contributed by atoms with Crippen LogP contribution in [-0.4, -0.2) is 30.8 Å². The number of carbonyl (C=O) groups excluding carboxylic acids is 1. The predicted octanol–water partition coefficient (Wildman–Crippen LogP) is 5.29. The third kappa shape index (κ3) is 14.3. The van der Waals surface area contributed by atoms with Gasteiger partial charge in [0.05, 0.1) is 6.61 Å². The predicted molar refractivity (Wildman–Crippen MR) is 102 cm³/mol. The average molecular weight is 379 g/mol. The van der Waals surface area contributed by atoms with Crippen molar-refractivity contribution in [2.24, 2.45) is 0 Å². The minimum Gasteiger partial charge on any atom is -0.465 e. The van der Waals surface area contributed by atoms with Gasteiger partial charge >= 0.3 is 5.97 Å². The highest BCUT2D eigenvalue weighted by molar-refractivity contribution is 7.87. The number of carbonyl (C=O) groups is 1. The minimum absolute atomic E-state index is 0.141. The van der Waals surface area contributed by atoms with Crippen LogP contribution >= 0.6 is 0 Å². The Morgan fingerprint density at radius 2 is 1.24 bits per heavy atom. The van der Waals surface area contributed by atoms with Gasteiger partial charge < -0.3 is 4.74 Å². The van der Waals surface area contributed by atoms with Gasteiger partial charge in [0, 0.05) is 0 Å². The fourth-order valence-corrected chi connectivity index (χ4v) is 3.60. The van der Waals surface area contributed by atoms with E-state index in [0.29, 0.717) is 6.42 Å². The smallest absolute Gasteiger partial charge is 0.326 e. The summed E-state index contributed by atoms with van der Waals surface area (Å²) in [7, 11) is -4.39. The van der Waals surface area contributed by atoms with Crippen molar-refractivity contribution in [3.8, 4) is 0 Å². The van der Waals surface area contributed by atoms with Crippen LogP contribution in [0.2, 0.25) is 0 Å². The lowest BCUT2D eigenvalue weighted by Gasteiger charge is -2.13. The van der Waals surface area contributed by atoms with Crippen molar-refractivity contribution in [3.05, 3.63) is 0 Å². The van der Waals surface area contributed by atoms with E-state index in [-0.39, 0.29) is 13.0 Å². The highest BCUT2D eigenvalue weighted by atomic mass is 32.2. The second kappa shape index (κ2) is 15.6.